The summed E-state index contributed by atoms with van der Waals surface area (Å²) in [5.74, 6) is 2.82. The fourth-order valence-electron chi connectivity index (χ4n) is 3.41. The normalized spacial score (nSPS) is 20.2. The van der Waals surface area contributed by atoms with Gasteiger partial charge >= 0.3 is 0 Å². The molecule has 2 aromatic heterocycles. The first kappa shape index (κ1) is 14.9. The lowest BCUT2D eigenvalue weighted by atomic mass is 9.89. The molecule has 1 aliphatic heterocycles. The van der Waals surface area contributed by atoms with Crippen LogP contribution < -0.4 is 4.90 Å². The smallest absolute Gasteiger partial charge is 0.152 e. The van der Waals surface area contributed by atoms with Crippen molar-refractivity contribution in [1.29, 1.82) is 0 Å². The predicted molar refractivity (Wildman–Crippen MR) is 92.2 cm³/mol. The monoisotopic (exact) mass is 349 g/mol. The van der Waals surface area contributed by atoms with E-state index in [-0.39, 0.29) is 0 Å². The van der Waals surface area contributed by atoms with Gasteiger partial charge in [-0.25, -0.2) is 4.98 Å². The fourth-order valence-corrected chi connectivity index (χ4v) is 3.93. The molecule has 3 rings (SSSR count). The van der Waals surface area contributed by atoms with Gasteiger partial charge < -0.3 is 9.30 Å². The van der Waals surface area contributed by atoms with Crippen LogP contribution in [0.1, 0.15) is 38.8 Å². The van der Waals surface area contributed by atoms with Crippen LogP contribution in [0.4, 0.5) is 5.82 Å². The average Bonchev–Trinajstić information content (AvgIpc) is 2.68. The predicted octanol–water partition coefficient (Wildman–Crippen LogP) is 4.49. The number of nitrogens with zero attached hydrogens (tertiary/aromatic N) is 3. The minimum absolute atomic E-state index is 0.793. The largest absolute Gasteiger partial charge is 0.355 e. The molecule has 1 atom stereocenters. The molecule has 0 aromatic carbocycles. The lowest BCUT2D eigenvalue weighted by Crippen LogP contribution is -2.26. The Labute approximate surface area is 135 Å². The van der Waals surface area contributed by atoms with Crippen molar-refractivity contribution in [3.63, 3.8) is 0 Å². The number of halogens is 1. The summed E-state index contributed by atoms with van der Waals surface area (Å²) in [5.41, 5.74) is 2.32. The van der Waals surface area contributed by atoms with Crippen LogP contribution >= 0.6 is 15.9 Å². The van der Waals surface area contributed by atoms with Crippen LogP contribution in [0.15, 0.2) is 24.4 Å². The molecular weight excluding hydrogens is 326 g/mol. The molecule has 4 heteroatoms. The Kier molecular flexibility index (Phi) is 4.53. The Morgan fingerprint density at radius 3 is 2.90 bits per heavy atom. The second-order valence-corrected chi connectivity index (χ2v) is 6.93. The van der Waals surface area contributed by atoms with E-state index in [2.05, 4.69) is 63.5 Å². The maximum Gasteiger partial charge on any atom is 0.152 e. The standard InChI is InChI=1S/C17H24BrN3/c1-13(2)14-6-5-9-20(11-8-14)17-15(12-18)21-10-4-3-7-16(21)19-17/h3-4,7,10,13-14H,5-6,8-9,11-12H2,1-2H3. The van der Waals surface area contributed by atoms with Gasteiger partial charge in [-0.2, -0.15) is 0 Å². The van der Waals surface area contributed by atoms with E-state index in [1.807, 2.05) is 0 Å². The minimum atomic E-state index is 0.793. The molecule has 0 amide bonds. The highest BCUT2D eigenvalue weighted by molar-refractivity contribution is 9.08. The van der Waals surface area contributed by atoms with E-state index in [4.69, 9.17) is 4.98 Å². The topological polar surface area (TPSA) is 20.5 Å². The van der Waals surface area contributed by atoms with Crippen LogP contribution in [0.5, 0.6) is 0 Å². The lowest BCUT2D eigenvalue weighted by molar-refractivity contribution is 0.351. The molecule has 0 spiro atoms. The third kappa shape index (κ3) is 2.96. The van der Waals surface area contributed by atoms with Crippen molar-refractivity contribution in [2.75, 3.05) is 18.0 Å². The summed E-state index contributed by atoms with van der Waals surface area (Å²) < 4.78 is 2.20. The summed E-state index contributed by atoms with van der Waals surface area (Å²) in [5, 5.41) is 0.845. The van der Waals surface area contributed by atoms with Gasteiger partial charge in [0.15, 0.2) is 5.82 Å². The van der Waals surface area contributed by atoms with Crippen LogP contribution in [0, 0.1) is 11.8 Å². The Hall–Kier alpha value is -1.03. The fraction of sp³-hybridized carbons (Fsp3) is 0.588. The number of fused-ring (bicyclic) bond motifs is 1. The van der Waals surface area contributed by atoms with Crippen molar-refractivity contribution in [3.8, 4) is 0 Å². The number of aromatic nitrogens is 2. The van der Waals surface area contributed by atoms with Gasteiger partial charge in [0.25, 0.3) is 0 Å². The quantitative estimate of drug-likeness (QED) is 0.760. The summed E-state index contributed by atoms with van der Waals surface area (Å²) in [6.45, 7) is 6.98. The van der Waals surface area contributed by atoms with E-state index >= 15 is 0 Å². The van der Waals surface area contributed by atoms with Crippen LogP contribution in [0.2, 0.25) is 0 Å². The van der Waals surface area contributed by atoms with Crippen molar-refractivity contribution in [1.82, 2.24) is 9.38 Å². The number of imidazole rings is 1. The minimum Gasteiger partial charge on any atom is -0.355 e. The first-order valence-electron chi connectivity index (χ1n) is 7.97. The van der Waals surface area contributed by atoms with E-state index in [0.29, 0.717) is 0 Å². The maximum atomic E-state index is 4.88. The third-order valence-corrected chi connectivity index (χ3v) is 5.28. The maximum absolute atomic E-state index is 4.88. The number of pyridine rings is 1. The molecule has 1 unspecified atom stereocenters. The number of rotatable bonds is 3. The van der Waals surface area contributed by atoms with Crippen LogP contribution in [0.25, 0.3) is 5.65 Å². The average molecular weight is 350 g/mol. The second-order valence-electron chi connectivity index (χ2n) is 6.37. The van der Waals surface area contributed by atoms with E-state index in [1.54, 1.807) is 0 Å². The van der Waals surface area contributed by atoms with Gasteiger partial charge in [0.05, 0.1) is 5.69 Å². The van der Waals surface area contributed by atoms with Crippen molar-refractivity contribution < 1.29 is 0 Å². The van der Waals surface area contributed by atoms with E-state index in [1.165, 1.54) is 30.8 Å². The van der Waals surface area contributed by atoms with Crippen molar-refractivity contribution in [3.05, 3.63) is 30.1 Å². The molecule has 3 nitrogen and oxygen atoms in total. The van der Waals surface area contributed by atoms with Gasteiger partial charge in [0.2, 0.25) is 0 Å². The van der Waals surface area contributed by atoms with Gasteiger partial charge in [-0.3, -0.25) is 0 Å². The molecule has 0 saturated carbocycles. The first-order chi connectivity index (χ1) is 10.2. The van der Waals surface area contributed by atoms with Crippen molar-refractivity contribution in [2.45, 2.75) is 38.4 Å². The lowest BCUT2D eigenvalue weighted by Gasteiger charge is -2.22. The summed E-state index contributed by atoms with van der Waals surface area (Å²) in [6.07, 6.45) is 6.02. The van der Waals surface area contributed by atoms with E-state index in [0.717, 1.165) is 35.9 Å². The summed E-state index contributed by atoms with van der Waals surface area (Å²) in [6, 6.07) is 6.22. The van der Waals surface area contributed by atoms with Gasteiger partial charge in [0.1, 0.15) is 5.65 Å². The number of hydrogen-bond donors (Lipinski definition) is 0. The van der Waals surface area contributed by atoms with Gasteiger partial charge in [-0.15, -0.1) is 0 Å². The number of alkyl halides is 1. The molecule has 1 saturated heterocycles. The Morgan fingerprint density at radius 1 is 1.29 bits per heavy atom. The van der Waals surface area contributed by atoms with Crippen LogP contribution in [0.3, 0.4) is 0 Å². The van der Waals surface area contributed by atoms with Crippen LogP contribution in [-0.4, -0.2) is 22.5 Å². The zero-order valence-corrected chi connectivity index (χ0v) is 14.5. The molecule has 0 radical (unpaired) electrons. The van der Waals surface area contributed by atoms with Gasteiger partial charge in [-0.1, -0.05) is 35.8 Å². The Bertz CT molecular complexity index is 605. The summed E-state index contributed by atoms with van der Waals surface area (Å²) >= 11 is 3.64. The highest BCUT2D eigenvalue weighted by Crippen LogP contribution is 2.30. The summed E-state index contributed by atoms with van der Waals surface area (Å²) in [7, 11) is 0. The molecule has 0 N–H and O–H groups in total. The molecule has 114 valence electrons. The zero-order valence-electron chi connectivity index (χ0n) is 12.9. The Morgan fingerprint density at radius 2 is 2.14 bits per heavy atom. The highest BCUT2D eigenvalue weighted by atomic mass is 79.9. The molecule has 1 aliphatic rings. The zero-order chi connectivity index (χ0) is 14.8. The summed E-state index contributed by atoms with van der Waals surface area (Å²) in [4.78, 5) is 7.37. The van der Waals surface area contributed by atoms with E-state index in [9.17, 15) is 0 Å². The van der Waals surface area contributed by atoms with Gasteiger partial charge in [0, 0.05) is 24.6 Å². The number of anilines is 1. The first-order valence-corrected chi connectivity index (χ1v) is 9.09. The molecule has 1 fully saturated rings. The molecule has 21 heavy (non-hydrogen) atoms. The second kappa shape index (κ2) is 6.39. The van der Waals surface area contributed by atoms with E-state index < -0.39 is 0 Å². The number of hydrogen-bond acceptors (Lipinski definition) is 2. The molecular formula is C17H24BrN3. The SMILES string of the molecule is CC(C)C1CCCN(c2nc3ccccn3c2CBr)CC1. The Balaban J connectivity index is 1.89. The molecule has 3 heterocycles. The van der Waals surface area contributed by atoms with Crippen molar-refractivity contribution in [2.24, 2.45) is 11.8 Å². The molecule has 0 aliphatic carbocycles. The highest BCUT2D eigenvalue weighted by Gasteiger charge is 2.23. The van der Waals surface area contributed by atoms with Gasteiger partial charge in [-0.05, 0) is 43.2 Å². The third-order valence-electron chi connectivity index (χ3n) is 4.75. The van der Waals surface area contributed by atoms with Crippen LogP contribution in [-0.2, 0) is 5.33 Å². The van der Waals surface area contributed by atoms with Crippen molar-refractivity contribution >= 4 is 27.4 Å². The molecule has 0 bridgehead atoms. The molecule has 2 aromatic rings.